The van der Waals surface area contributed by atoms with Gasteiger partial charge in [0, 0.05) is 38.2 Å². The first-order chi connectivity index (χ1) is 14.9. The Labute approximate surface area is 182 Å². The van der Waals surface area contributed by atoms with Gasteiger partial charge in [0.2, 0.25) is 15.9 Å². The van der Waals surface area contributed by atoms with Crippen molar-refractivity contribution >= 4 is 27.0 Å². The number of aryl methyl sites for hydroxylation is 1. The van der Waals surface area contributed by atoms with Crippen LogP contribution in [0.25, 0.3) is 11.1 Å². The summed E-state index contributed by atoms with van der Waals surface area (Å²) in [5.41, 5.74) is 0.731. The summed E-state index contributed by atoms with van der Waals surface area (Å²) in [5.74, 6) is -0.649. The van der Waals surface area contributed by atoms with Crippen molar-refractivity contribution in [1.29, 1.82) is 0 Å². The van der Waals surface area contributed by atoms with Crippen molar-refractivity contribution in [2.45, 2.75) is 81.7 Å². The lowest BCUT2D eigenvalue weighted by atomic mass is 9.96. The number of sulfonamides is 1. The lowest BCUT2D eigenvalue weighted by Gasteiger charge is -2.21. The number of carbonyl (C=O) groups is 1. The van der Waals surface area contributed by atoms with Crippen molar-refractivity contribution in [2.75, 3.05) is 13.1 Å². The first-order valence-corrected chi connectivity index (χ1v) is 12.8. The number of fused-ring (bicyclic) bond motifs is 1. The molecule has 31 heavy (non-hydrogen) atoms. The van der Waals surface area contributed by atoms with Crippen LogP contribution in [0.4, 0.5) is 0 Å². The normalized spacial score (nSPS) is 19.4. The Morgan fingerprint density at radius 2 is 1.71 bits per heavy atom. The smallest absolute Gasteiger partial charge is 0.408 e. The van der Waals surface area contributed by atoms with E-state index < -0.39 is 15.8 Å². The first kappa shape index (κ1) is 22.1. The molecule has 2 aromatic rings. The maximum absolute atomic E-state index is 12.8. The number of amides is 1. The molecule has 2 heterocycles. The minimum Gasteiger partial charge on any atom is -0.408 e. The molecule has 1 aromatic heterocycles. The largest absolute Gasteiger partial charge is 0.419 e. The van der Waals surface area contributed by atoms with Crippen LogP contribution in [0.5, 0.6) is 0 Å². The average molecular weight is 450 g/mol. The summed E-state index contributed by atoms with van der Waals surface area (Å²) >= 11 is 0. The van der Waals surface area contributed by atoms with Gasteiger partial charge < -0.3 is 9.73 Å². The van der Waals surface area contributed by atoms with Gasteiger partial charge in [-0.2, -0.15) is 4.31 Å². The van der Waals surface area contributed by atoms with Gasteiger partial charge in [0.25, 0.3) is 0 Å². The molecule has 1 aliphatic carbocycles. The van der Waals surface area contributed by atoms with E-state index in [1.54, 1.807) is 6.07 Å². The van der Waals surface area contributed by atoms with Gasteiger partial charge in [-0.3, -0.25) is 9.36 Å². The van der Waals surface area contributed by atoms with E-state index >= 15 is 0 Å². The highest BCUT2D eigenvalue weighted by Crippen LogP contribution is 2.24. The summed E-state index contributed by atoms with van der Waals surface area (Å²) < 4.78 is 33.7. The van der Waals surface area contributed by atoms with Gasteiger partial charge in [0.05, 0.1) is 10.4 Å². The van der Waals surface area contributed by atoms with Gasteiger partial charge in [-0.25, -0.2) is 13.2 Å². The predicted octanol–water partition coefficient (Wildman–Crippen LogP) is 3.00. The molecule has 2 aliphatic rings. The topological polar surface area (TPSA) is 102 Å². The summed E-state index contributed by atoms with van der Waals surface area (Å²) in [4.78, 5) is 24.9. The Bertz CT molecular complexity index is 1070. The van der Waals surface area contributed by atoms with Crippen LogP contribution < -0.4 is 11.1 Å². The highest BCUT2D eigenvalue weighted by Gasteiger charge is 2.28. The van der Waals surface area contributed by atoms with E-state index in [0.29, 0.717) is 18.6 Å². The monoisotopic (exact) mass is 449 g/mol. The van der Waals surface area contributed by atoms with Crippen molar-refractivity contribution in [3.05, 3.63) is 28.7 Å². The van der Waals surface area contributed by atoms with Crippen molar-refractivity contribution < 1.29 is 17.6 Å². The minimum absolute atomic E-state index is 0.0694. The number of rotatable bonds is 6. The van der Waals surface area contributed by atoms with E-state index in [2.05, 4.69) is 5.32 Å². The molecule has 1 aromatic carbocycles. The van der Waals surface area contributed by atoms with Crippen molar-refractivity contribution in [1.82, 2.24) is 14.2 Å². The average Bonchev–Trinajstić information content (AvgIpc) is 3.36. The van der Waals surface area contributed by atoms with Gasteiger partial charge in [0.1, 0.15) is 0 Å². The summed E-state index contributed by atoms with van der Waals surface area (Å²) in [7, 11) is -3.58. The quantitative estimate of drug-likeness (QED) is 0.730. The lowest BCUT2D eigenvalue weighted by Crippen LogP contribution is -2.36. The van der Waals surface area contributed by atoms with Crippen LogP contribution in [-0.4, -0.2) is 42.3 Å². The molecule has 1 amide bonds. The van der Waals surface area contributed by atoms with Crippen LogP contribution in [0.3, 0.4) is 0 Å². The van der Waals surface area contributed by atoms with E-state index in [1.165, 1.54) is 40.3 Å². The van der Waals surface area contributed by atoms with Crippen molar-refractivity contribution in [3.63, 3.8) is 0 Å². The third kappa shape index (κ3) is 5.03. The number of oxazole rings is 1. The van der Waals surface area contributed by atoms with E-state index in [4.69, 9.17) is 4.42 Å². The van der Waals surface area contributed by atoms with Crippen LogP contribution in [0.1, 0.15) is 64.2 Å². The molecule has 1 saturated carbocycles. The Morgan fingerprint density at radius 3 is 2.42 bits per heavy atom. The zero-order chi connectivity index (χ0) is 21.8. The molecule has 0 spiro atoms. The second-order valence-corrected chi connectivity index (χ2v) is 10.6. The molecule has 1 aliphatic heterocycles. The Kier molecular flexibility index (Phi) is 6.81. The third-order valence-corrected chi connectivity index (χ3v) is 8.27. The SMILES string of the molecule is O=C(CCn1c(=O)oc2cc(S(=O)(=O)N3CCCC3)ccc21)NC1CCCCCCC1. The van der Waals surface area contributed by atoms with Crippen LogP contribution in [-0.2, 0) is 21.4 Å². The van der Waals surface area contributed by atoms with Crippen LogP contribution in [0, 0.1) is 0 Å². The minimum atomic E-state index is -3.58. The molecular weight excluding hydrogens is 418 g/mol. The first-order valence-electron chi connectivity index (χ1n) is 11.4. The van der Waals surface area contributed by atoms with Gasteiger partial charge in [-0.15, -0.1) is 0 Å². The fourth-order valence-corrected chi connectivity index (χ4v) is 6.14. The Balaban J connectivity index is 1.44. The molecule has 0 radical (unpaired) electrons. The van der Waals surface area contributed by atoms with Crippen molar-refractivity contribution in [3.8, 4) is 0 Å². The molecule has 4 rings (SSSR count). The number of carbonyl (C=O) groups excluding carboxylic acids is 1. The van der Waals surface area contributed by atoms with Gasteiger partial charge in [-0.1, -0.05) is 32.1 Å². The molecule has 0 bridgehead atoms. The maximum Gasteiger partial charge on any atom is 0.419 e. The van der Waals surface area contributed by atoms with Crippen LogP contribution >= 0.6 is 0 Å². The molecule has 0 atom stereocenters. The van der Waals surface area contributed by atoms with Crippen LogP contribution in [0.2, 0.25) is 0 Å². The third-order valence-electron chi connectivity index (χ3n) is 6.38. The van der Waals surface area contributed by atoms with Crippen molar-refractivity contribution in [2.24, 2.45) is 0 Å². The lowest BCUT2D eigenvalue weighted by molar-refractivity contribution is -0.122. The standard InChI is InChI=1S/C22H31N3O5S/c26-21(23-17-8-4-2-1-3-5-9-17)12-15-25-19-11-10-18(16-20(19)30-22(25)27)31(28,29)24-13-6-7-14-24/h10-11,16-17H,1-9,12-15H2,(H,23,26). The maximum atomic E-state index is 12.8. The zero-order valence-electron chi connectivity index (χ0n) is 17.8. The second kappa shape index (κ2) is 9.56. The highest BCUT2D eigenvalue weighted by atomic mass is 32.2. The fraction of sp³-hybridized carbons (Fsp3) is 0.636. The number of hydrogen-bond acceptors (Lipinski definition) is 5. The van der Waals surface area contributed by atoms with Gasteiger partial charge >= 0.3 is 5.76 Å². The number of aromatic nitrogens is 1. The van der Waals surface area contributed by atoms with E-state index in [0.717, 1.165) is 38.5 Å². The molecule has 1 saturated heterocycles. The summed E-state index contributed by atoms with van der Waals surface area (Å²) in [6.45, 7) is 1.23. The predicted molar refractivity (Wildman–Crippen MR) is 117 cm³/mol. The summed E-state index contributed by atoms with van der Waals surface area (Å²) in [5, 5.41) is 3.11. The molecule has 8 nitrogen and oxygen atoms in total. The van der Waals surface area contributed by atoms with E-state index in [1.807, 2.05) is 0 Å². The van der Waals surface area contributed by atoms with Gasteiger partial charge in [0.15, 0.2) is 5.58 Å². The van der Waals surface area contributed by atoms with E-state index in [9.17, 15) is 18.0 Å². The molecule has 1 N–H and O–H groups in total. The molecular formula is C22H31N3O5S. The number of benzene rings is 1. The highest BCUT2D eigenvalue weighted by molar-refractivity contribution is 7.89. The molecule has 170 valence electrons. The Morgan fingerprint density at radius 1 is 1.03 bits per heavy atom. The van der Waals surface area contributed by atoms with Gasteiger partial charge in [-0.05, 0) is 37.8 Å². The molecule has 9 heteroatoms. The van der Waals surface area contributed by atoms with E-state index in [-0.39, 0.29) is 35.4 Å². The summed E-state index contributed by atoms with van der Waals surface area (Å²) in [6.07, 6.45) is 9.90. The number of nitrogens with zero attached hydrogens (tertiary/aromatic N) is 2. The number of hydrogen-bond donors (Lipinski definition) is 1. The molecule has 0 unspecified atom stereocenters. The van der Waals surface area contributed by atoms with Crippen LogP contribution in [0.15, 0.2) is 32.3 Å². The molecule has 2 fully saturated rings. The number of nitrogens with one attached hydrogen (secondary N) is 1. The zero-order valence-corrected chi connectivity index (χ0v) is 18.7. The fourth-order valence-electron chi connectivity index (χ4n) is 4.61. The summed E-state index contributed by atoms with van der Waals surface area (Å²) in [6, 6.07) is 4.73. The Hall–Kier alpha value is -2.13. The second-order valence-electron chi connectivity index (χ2n) is 8.62.